The van der Waals surface area contributed by atoms with Crippen LogP contribution in [0.4, 0.5) is 0 Å². The van der Waals surface area contributed by atoms with Crippen molar-refractivity contribution in [2.45, 2.75) is 72.6 Å². The summed E-state index contributed by atoms with van der Waals surface area (Å²) < 4.78 is 0. The second-order valence-electron chi connectivity index (χ2n) is 8.19. The number of hydrogen-bond acceptors (Lipinski definition) is 1. The summed E-state index contributed by atoms with van der Waals surface area (Å²) in [6, 6.07) is 0. The first-order valence-corrected chi connectivity index (χ1v) is 8.63. The predicted molar refractivity (Wildman–Crippen MR) is 87.1 cm³/mol. The van der Waals surface area contributed by atoms with Crippen LogP contribution in [0.25, 0.3) is 0 Å². The zero-order valence-corrected chi connectivity index (χ0v) is 14.2. The van der Waals surface area contributed by atoms with Crippen LogP contribution in [0.15, 0.2) is 12.2 Å². The topological polar surface area (TPSA) is 37.3 Å². The van der Waals surface area contributed by atoms with Gasteiger partial charge in [-0.05, 0) is 67.6 Å². The fourth-order valence-corrected chi connectivity index (χ4v) is 5.04. The van der Waals surface area contributed by atoms with Gasteiger partial charge in [0.2, 0.25) is 0 Å². The Morgan fingerprint density at radius 1 is 1.43 bits per heavy atom. The fraction of sp³-hybridized carbons (Fsp3) is 0.842. The Kier molecular flexibility index (Phi) is 4.56. The number of aliphatic carboxylic acids is 1. The van der Waals surface area contributed by atoms with E-state index in [2.05, 4.69) is 27.4 Å². The third kappa shape index (κ3) is 2.78. The lowest BCUT2D eigenvalue weighted by atomic mass is 9.46. The zero-order valence-electron chi connectivity index (χ0n) is 14.2. The third-order valence-electron chi connectivity index (χ3n) is 7.10. The molecule has 2 saturated carbocycles. The van der Waals surface area contributed by atoms with E-state index in [0.29, 0.717) is 11.8 Å². The normalized spacial score (nSPS) is 41.4. The number of hydrogen-bond donors (Lipinski definition) is 1. The number of rotatable bonds is 4. The number of carbonyl (C=O) groups is 1. The lowest BCUT2D eigenvalue weighted by molar-refractivity contribution is -0.142. The van der Waals surface area contributed by atoms with Crippen molar-refractivity contribution in [3.63, 3.8) is 0 Å². The highest BCUT2D eigenvalue weighted by molar-refractivity contribution is 5.69. The van der Waals surface area contributed by atoms with Crippen LogP contribution in [0.1, 0.15) is 72.6 Å². The molecule has 2 heteroatoms. The van der Waals surface area contributed by atoms with Crippen molar-refractivity contribution < 1.29 is 9.90 Å². The van der Waals surface area contributed by atoms with Crippen LogP contribution in [0.5, 0.6) is 0 Å². The Bertz CT molecular complexity index is 427. The Morgan fingerprint density at radius 3 is 2.71 bits per heavy atom. The molecule has 0 bridgehead atoms. The van der Waals surface area contributed by atoms with E-state index in [9.17, 15) is 9.90 Å². The van der Waals surface area contributed by atoms with Gasteiger partial charge < -0.3 is 5.11 Å². The minimum Gasteiger partial charge on any atom is -0.481 e. The summed E-state index contributed by atoms with van der Waals surface area (Å²) in [5.74, 6) is 0.477. The van der Waals surface area contributed by atoms with E-state index < -0.39 is 5.97 Å². The lowest BCUT2D eigenvalue weighted by Gasteiger charge is -2.59. The predicted octanol–water partition coefficient (Wildman–Crippen LogP) is 5.29. The van der Waals surface area contributed by atoms with Gasteiger partial charge in [0, 0.05) is 0 Å². The number of fused-ring (bicyclic) bond motifs is 1. The number of carboxylic acids is 1. The molecule has 0 heterocycles. The zero-order chi connectivity index (χ0) is 15.8. The first-order valence-electron chi connectivity index (χ1n) is 8.63. The van der Waals surface area contributed by atoms with Crippen LogP contribution in [0.3, 0.4) is 0 Å². The van der Waals surface area contributed by atoms with Gasteiger partial charge in [-0.25, -0.2) is 0 Å². The van der Waals surface area contributed by atoms with E-state index >= 15 is 0 Å². The quantitative estimate of drug-likeness (QED) is 0.715. The molecule has 2 fully saturated rings. The smallest absolute Gasteiger partial charge is 0.306 e. The maximum absolute atomic E-state index is 11.1. The van der Waals surface area contributed by atoms with E-state index in [4.69, 9.17) is 0 Å². The van der Waals surface area contributed by atoms with Crippen molar-refractivity contribution in [2.24, 2.45) is 28.6 Å². The average Bonchev–Trinajstić information content (AvgIpc) is 2.43. The maximum atomic E-state index is 11.1. The van der Waals surface area contributed by atoms with Crippen molar-refractivity contribution in [3.05, 3.63) is 12.2 Å². The highest BCUT2D eigenvalue weighted by atomic mass is 16.4. The van der Waals surface area contributed by atoms with Gasteiger partial charge in [-0.3, -0.25) is 4.79 Å². The highest BCUT2D eigenvalue weighted by Crippen LogP contribution is 2.62. The average molecular weight is 292 g/mol. The molecule has 2 aliphatic rings. The van der Waals surface area contributed by atoms with Crippen molar-refractivity contribution >= 4 is 5.97 Å². The molecule has 120 valence electrons. The van der Waals surface area contributed by atoms with Crippen molar-refractivity contribution in [1.82, 2.24) is 0 Å². The molecule has 0 aromatic carbocycles. The van der Waals surface area contributed by atoms with Crippen LogP contribution in [-0.2, 0) is 4.79 Å². The first kappa shape index (κ1) is 16.6. The Hall–Kier alpha value is -0.790. The molecule has 0 radical (unpaired) electrons. The molecule has 2 nitrogen and oxygen atoms in total. The molecule has 0 aromatic heterocycles. The van der Waals surface area contributed by atoms with Crippen LogP contribution in [-0.4, -0.2) is 11.1 Å². The summed E-state index contributed by atoms with van der Waals surface area (Å²) in [7, 11) is 0. The minimum atomic E-state index is -0.655. The van der Waals surface area contributed by atoms with Gasteiger partial charge >= 0.3 is 5.97 Å². The Morgan fingerprint density at radius 2 is 2.10 bits per heavy atom. The SMILES string of the molecule is C=C1CCCC2C1(C)CCC(C)C2(C)CCC(C)C(=O)O. The van der Waals surface area contributed by atoms with Crippen LogP contribution in [0, 0.1) is 28.6 Å². The largest absolute Gasteiger partial charge is 0.481 e. The van der Waals surface area contributed by atoms with Gasteiger partial charge in [0.15, 0.2) is 0 Å². The summed E-state index contributed by atoms with van der Waals surface area (Å²) in [5.41, 5.74) is 2.00. The van der Waals surface area contributed by atoms with Gasteiger partial charge in [0.25, 0.3) is 0 Å². The summed E-state index contributed by atoms with van der Waals surface area (Å²) in [6.07, 6.45) is 8.09. The minimum absolute atomic E-state index is 0.228. The van der Waals surface area contributed by atoms with Crippen molar-refractivity contribution in [1.29, 1.82) is 0 Å². The summed E-state index contributed by atoms with van der Waals surface area (Å²) in [4.78, 5) is 11.1. The number of allylic oxidation sites excluding steroid dienone is 1. The molecule has 0 aromatic rings. The van der Waals surface area contributed by atoms with Gasteiger partial charge in [-0.1, -0.05) is 39.8 Å². The molecule has 0 aliphatic heterocycles. The van der Waals surface area contributed by atoms with Gasteiger partial charge in [0.1, 0.15) is 0 Å². The molecular formula is C19H32O2. The van der Waals surface area contributed by atoms with E-state index in [0.717, 1.165) is 12.8 Å². The molecule has 5 atom stereocenters. The fourth-order valence-electron chi connectivity index (χ4n) is 5.04. The maximum Gasteiger partial charge on any atom is 0.306 e. The molecule has 0 saturated heterocycles. The molecule has 0 amide bonds. The van der Waals surface area contributed by atoms with E-state index in [1.54, 1.807) is 0 Å². The van der Waals surface area contributed by atoms with Gasteiger partial charge in [0.05, 0.1) is 5.92 Å². The molecule has 1 N–H and O–H groups in total. The van der Waals surface area contributed by atoms with Crippen LogP contribution < -0.4 is 0 Å². The van der Waals surface area contributed by atoms with Crippen molar-refractivity contribution in [3.8, 4) is 0 Å². The van der Waals surface area contributed by atoms with Gasteiger partial charge in [-0.2, -0.15) is 0 Å². The number of carboxylic acid groups (broad SMARTS) is 1. The monoisotopic (exact) mass is 292 g/mol. The molecular weight excluding hydrogens is 260 g/mol. The van der Waals surface area contributed by atoms with Crippen LogP contribution in [0.2, 0.25) is 0 Å². The summed E-state index contributed by atoms with van der Waals surface area (Å²) >= 11 is 0. The van der Waals surface area contributed by atoms with E-state index in [1.165, 1.54) is 37.7 Å². The Balaban J connectivity index is 2.21. The van der Waals surface area contributed by atoms with E-state index in [-0.39, 0.29) is 16.7 Å². The molecule has 0 spiro atoms. The van der Waals surface area contributed by atoms with E-state index in [1.807, 2.05) is 6.92 Å². The molecule has 21 heavy (non-hydrogen) atoms. The highest BCUT2D eigenvalue weighted by Gasteiger charge is 2.53. The standard InChI is InChI=1S/C19H32O2/c1-13(17(20)21)9-11-18(4)15(3)10-12-19(5)14(2)7-6-8-16(18)19/h13,15-16H,2,6-12H2,1,3-5H3,(H,20,21). The molecule has 2 aliphatic carbocycles. The summed E-state index contributed by atoms with van der Waals surface area (Å²) in [5, 5.41) is 9.17. The van der Waals surface area contributed by atoms with Crippen LogP contribution >= 0.6 is 0 Å². The molecule has 2 rings (SSSR count). The van der Waals surface area contributed by atoms with Crippen molar-refractivity contribution in [2.75, 3.05) is 0 Å². The molecule has 5 unspecified atom stereocenters. The third-order valence-corrected chi connectivity index (χ3v) is 7.10. The second kappa shape index (κ2) is 5.78. The first-order chi connectivity index (χ1) is 9.71. The second-order valence-corrected chi connectivity index (χ2v) is 8.19. The lowest BCUT2D eigenvalue weighted by Crippen LogP contribution is -2.50. The van der Waals surface area contributed by atoms with Gasteiger partial charge in [-0.15, -0.1) is 0 Å². The Labute approximate surface area is 130 Å². The summed E-state index contributed by atoms with van der Waals surface area (Å²) in [6.45, 7) is 13.5.